The zero-order chi connectivity index (χ0) is 19.0. The van der Waals surface area contributed by atoms with Gasteiger partial charge in [-0.1, -0.05) is 48.5 Å². The van der Waals surface area contributed by atoms with Gasteiger partial charge in [-0.2, -0.15) is 5.10 Å². The number of carbonyl (C=O) groups is 1. The van der Waals surface area contributed by atoms with Crippen molar-refractivity contribution in [1.82, 2.24) is 15.1 Å². The lowest BCUT2D eigenvalue weighted by atomic mass is 9.92. The van der Waals surface area contributed by atoms with E-state index in [-0.39, 0.29) is 17.2 Å². The van der Waals surface area contributed by atoms with E-state index in [0.717, 1.165) is 55.1 Å². The first kappa shape index (κ1) is 17.2. The van der Waals surface area contributed by atoms with Crippen molar-refractivity contribution in [3.05, 3.63) is 66.7 Å². The molecule has 3 aromatic rings. The molecule has 1 aliphatic heterocycles. The van der Waals surface area contributed by atoms with Gasteiger partial charge in [0.25, 0.3) is 0 Å². The third-order valence-electron chi connectivity index (χ3n) is 6.14. The van der Waals surface area contributed by atoms with Gasteiger partial charge in [-0.15, -0.1) is 0 Å². The van der Waals surface area contributed by atoms with Crippen LogP contribution in [0.15, 0.2) is 66.7 Å². The molecule has 1 amide bonds. The van der Waals surface area contributed by atoms with Crippen molar-refractivity contribution in [2.45, 2.75) is 19.3 Å². The second-order valence-corrected chi connectivity index (χ2v) is 7.89. The Bertz CT molecular complexity index is 974. The number of hydrogen-bond acceptors (Lipinski definition) is 3. The van der Waals surface area contributed by atoms with E-state index in [9.17, 15) is 4.79 Å². The lowest BCUT2D eigenvalue weighted by Gasteiger charge is -2.23. The maximum Gasteiger partial charge on any atom is 0.229 e. The fraction of sp³-hybridized carbons (Fsp3) is 0.304. The Morgan fingerprint density at radius 2 is 1.71 bits per heavy atom. The summed E-state index contributed by atoms with van der Waals surface area (Å²) in [5, 5.41) is 11.3. The van der Waals surface area contributed by atoms with E-state index in [1.54, 1.807) is 0 Å². The third-order valence-corrected chi connectivity index (χ3v) is 6.14. The summed E-state index contributed by atoms with van der Waals surface area (Å²) in [4.78, 5) is 13.0. The number of piperidine rings is 1. The minimum absolute atomic E-state index is 0.119. The SMILES string of the molecule is O=C(Nc1cc(-c2ccccc2)nn1-c1ccccc1)C1CC12CCNCC2. The molecule has 5 heteroatoms. The number of para-hydroxylation sites is 1. The summed E-state index contributed by atoms with van der Waals surface area (Å²) in [6.07, 6.45) is 3.20. The van der Waals surface area contributed by atoms with E-state index in [4.69, 9.17) is 5.10 Å². The Kier molecular flexibility index (Phi) is 4.24. The Balaban J connectivity index is 1.44. The van der Waals surface area contributed by atoms with Crippen LogP contribution in [-0.2, 0) is 4.79 Å². The quantitative estimate of drug-likeness (QED) is 0.731. The average Bonchev–Trinajstić information content (AvgIpc) is 3.27. The van der Waals surface area contributed by atoms with Gasteiger partial charge in [0.15, 0.2) is 0 Å². The molecule has 1 atom stereocenters. The van der Waals surface area contributed by atoms with Gasteiger partial charge in [-0.05, 0) is 49.9 Å². The minimum atomic E-state index is 0.119. The summed E-state index contributed by atoms with van der Waals surface area (Å²) in [5.41, 5.74) is 3.04. The summed E-state index contributed by atoms with van der Waals surface area (Å²) in [5.74, 6) is 0.971. The van der Waals surface area contributed by atoms with Gasteiger partial charge in [0, 0.05) is 17.5 Å². The molecule has 2 aromatic carbocycles. The van der Waals surface area contributed by atoms with Crippen molar-refractivity contribution in [2.24, 2.45) is 11.3 Å². The Morgan fingerprint density at radius 1 is 1.04 bits per heavy atom. The Hall–Kier alpha value is -2.92. The zero-order valence-electron chi connectivity index (χ0n) is 15.8. The van der Waals surface area contributed by atoms with Crippen molar-refractivity contribution < 1.29 is 4.79 Å². The van der Waals surface area contributed by atoms with Crippen molar-refractivity contribution >= 4 is 11.7 Å². The number of anilines is 1. The number of carbonyl (C=O) groups excluding carboxylic acids is 1. The van der Waals surface area contributed by atoms with Gasteiger partial charge in [0.05, 0.1) is 11.4 Å². The molecule has 1 aliphatic carbocycles. The molecule has 2 aliphatic rings. The van der Waals surface area contributed by atoms with E-state index in [2.05, 4.69) is 10.6 Å². The lowest BCUT2D eigenvalue weighted by Crippen LogP contribution is -2.31. The fourth-order valence-corrected chi connectivity index (χ4v) is 4.40. The largest absolute Gasteiger partial charge is 0.317 e. The first-order valence-corrected chi connectivity index (χ1v) is 9.98. The van der Waals surface area contributed by atoms with Gasteiger partial charge in [0.2, 0.25) is 5.91 Å². The van der Waals surface area contributed by atoms with Crippen LogP contribution in [0.3, 0.4) is 0 Å². The molecule has 1 saturated carbocycles. The number of rotatable bonds is 4. The van der Waals surface area contributed by atoms with E-state index in [0.29, 0.717) is 0 Å². The average molecular weight is 372 g/mol. The molecular weight excluding hydrogens is 348 g/mol. The molecule has 0 bridgehead atoms. The molecule has 0 radical (unpaired) electrons. The van der Waals surface area contributed by atoms with Crippen LogP contribution in [0, 0.1) is 11.3 Å². The minimum Gasteiger partial charge on any atom is -0.317 e. The Labute approximate surface area is 164 Å². The maximum atomic E-state index is 13.0. The smallest absolute Gasteiger partial charge is 0.229 e. The monoisotopic (exact) mass is 372 g/mol. The van der Waals surface area contributed by atoms with Crippen molar-refractivity contribution in [3.8, 4) is 16.9 Å². The van der Waals surface area contributed by atoms with Crippen LogP contribution in [-0.4, -0.2) is 28.8 Å². The number of nitrogens with one attached hydrogen (secondary N) is 2. The highest BCUT2D eigenvalue weighted by Gasteiger charge is 2.57. The molecule has 2 fully saturated rings. The molecule has 1 unspecified atom stereocenters. The number of hydrogen-bond donors (Lipinski definition) is 2. The van der Waals surface area contributed by atoms with E-state index < -0.39 is 0 Å². The lowest BCUT2D eigenvalue weighted by molar-refractivity contribution is -0.118. The van der Waals surface area contributed by atoms with E-state index in [1.165, 1.54) is 0 Å². The summed E-state index contributed by atoms with van der Waals surface area (Å²) < 4.78 is 1.83. The molecule has 1 saturated heterocycles. The van der Waals surface area contributed by atoms with Crippen LogP contribution >= 0.6 is 0 Å². The van der Waals surface area contributed by atoms with Crippen LogP contribution in [0.25, 0.3) is 16.9 Å². The van der Waals surface area contributed by atoms with Crippen molar-refractivity contribution in [3.63, 3.8) is 0 Å². The van der Waals surface area contributed by atoms with Gasteiger partial charge >= 0.3 is 0 Å². The van der Waals surface area contributed by atoms with E-state index in [1.807, 2.05) is 71.4 Å². The van der Waals surface area contributed by atoms with Crippen LogP contribution < -0.4 is 10.6 Å². The van der Waals surface area contributed by atoms with Gasteiger partial charge in [-0.3, -0.25) is 4.79 Å². The van der Waals surface area contributed by atoms with Crippen LogP contribution in [0.5, 0.6) is 0 Å². The molecule has 5 nitrogen and oxygen atoms in total. The van der Waals surface area contributed by atoms with Gasteiger partial charge in [0.1, 0.15) is 5.82 Å². The standard InChI is InChI=1S/C23H24N4O/c28-22(19-16-23(19)11-13-24-14-12-23)25-21-15-20(17-7-3-1-4-8-17)26-27(21)18-9-5-2-6-10-18/h1-10,15,19,24H,11-14,16H2,(H,25,28). The summed E-state index contributed by atoms with van der Waals surface area (Å²) in [6.45, 7) is 2.04. The molecular formula is C23H24N4O. The van der Waals surface area contributed by atoms with Crippen molar-refractivity contribution in [1.29, 1.82) is 0 Å². The van der Waals surface area contributed by atoms with Crippen molar-refractivity contribution in [2.75, 3.05) is 18.4 Å². The Morgan fingerprint density at radius 3 is 2.43 bits per heavy atom. The predicted molar refractivity (Wildman–Crippen MR) is 110 cm³/mol. The molecule has 142 valence electrons. The number of nitrogens with zero attached hydrogens (tertiary/aromatic N) is 2. The van der Waals surface area contributed by atoms with Crippen LogP contribution in [0.1, 0.15) is 19.3 Å². The topological polar surface area (TPSA) is 59.0 Å². The van der Waals surface area contributed by atoms with Gasteiger partial charge in [-0.25, -0.2) is 4.68 Å². The molecule has 2 heterocycles. The second kappa shape index (κ2) is 6.91. The highest BCUT2D eigenvalue weighted by Crippen LogP contribution is 2.58. The first-order chi connectivity index (χ1) is 13.8. The summed E-state index contributed by atoms with van der Waals surface area (Å²) in [7, 11) is 0. The molecule has 28 heavy (non-hydrogen) atoms. The molecule has 5 rings (SSSR count). The zero-order valence-corrected chi connectivity index (χ0v) is 15.8. The second-order valence-electron chi connectivity index (χ2n) is 7.89. The normalized spacial score (nSPS) is 20.1. The van der Waals surface area contributed by atoms with Crippen LogP contribution in [0.2, 0.25) is 0 Å². The number of aromatic nitrogens is 2. The summed E-state index contributed by atoms with van der Waals surface area (Å²) in [6, 6.07) is 22.0. The summed E-state index contributed by atoms with van der Waals surface area (Å²) >= 11 is 0. The van der Waals surface area contributed by atoms with Gasteiger partial charge < -0.3 is 10.6 Å². The maximum absolute atomic E-state index is 13.0. The van der Waals surface area contributed by atoms with E-state index >= 15 is 0 Å². The number of benzene rings is 2. The van der Waals surface area contributed by atoms with Crippen LogP contribution in [0.4, 0.5) is 5.82 Å². The number of amides is 1. The predicted octanol–water partition coefficient (Wildman–Crippen LogP) is 3.87. The molecule has 1 aromatic heterocycles. The highest BCUT2D eigenvalue weighted by molar-refractivity contribution is 5.95. The highest BCUT2D eigenvalue weighted by atomic mass is 16.2. The molecule has 2 N–H and O–H groups in total. The fourth-order valence-electron chi connectivity index (χ4n) is 4.40. The molecule has 1 spiro atoms. The first-order valence-electron chi connectivity index (χ1n) is 9.98. The third kappa shape index (κ3) is 3.12.